The number of rotatable bonds is 11. The number of unbranched alkanes of at least 4 members (excludes halogenated alkanes) is 3. The van der Waals surface area contributed by atoms with E-state index in [0.717, 1.165) is 37.8 Å². The molecule has 0 radical (unpaired) electrons. The highest BCUT2D eigenvalue weighted by molar-refractivity contribution is 5.91. The quantitative estimate of drug-likeness (QED) is 0.328. The van der Waals surface area contributed by atoms with Gasteiger partial charge in [-0.25, -0.2) is 9.59 Å². The number of esters is 2. The number of carbonyl (C=O) groups excluding carboxylic acids is 2. The van der Waals surface area contributed by atoms with Gasteiger partial charge in [-0.05, 0) is 13.3 Å². The van der Waals surface area contributed by atoms with E-state index in [4.69, 9.17) is 14.2 Å². The van der Waals surface area contributed by atoms with Crippen molar-refractivity contribution in [3.63, 3.8) is 0 Å². The Bertz CT molecular complexity index is 273. The van der Waals surface area contributed by atoms with Crippen LogP contribution in [-0.4, -0.2) is 38.4 Å². The molecular formula is C14H24O5. The summed E-state index contributed by atoms with van der Waals surface area (Å²) in [6.45, 7) is 5.49. The summed E-state index contributed by atoms with van der Waals surface area (Å²) in [7, 11) is 0. The molecule has 0 bridgehead atoms. The van der Waals surface area contributed by atoms with E-state index in [1.807, 2.05) is 6.92 Å². The highest BCUT2D eigenvalue weighted by Gasteiger charge is 2.00. The third kappa shape index (κ3) is 12.9. The van der Waals surface area contributed by atoms with Crippen LogP contribution in [0.5, 0.6) is 0 Å². The van der Waals surface area contributed by atoms with Crippen molar-refractivity contribution in [1.82, 2.24) is 0 Å². The van der Waals surface area contributed by atoms with Gasteiger partial charge in [-0.2, -0.15) is 0 Å². The predicted molar refractivity (Wildman–Crippen MR) is 71.7 cm³/mol. The molecule has 0 aliphatic carbocycles. The van der Waals surface area contributed by atoms with Gasteiger partial charge in [0, 0.05) is 18.8 Å². The zero-order chi connectivity index (χ0) is 14.3. The number of hydrogen-bond acceptors (Lipinski definition) is 5. The lowest BCUT2D eigenvalue weighted by molar-refractivity contribution is -0.141. The van der Waals surface area contributed by atoms with E-state index >= 15 is 0 Å². The van der Waals surface area contributed by atoms with Gasteiger partial charge in [0.1, 0.15) is 6.61 Å². The average molecular weight is 272 g/mol. The van der Waals surface area contributed by atoms with Crippen molar-refractivity contribution in [2.45, 2.75) is 39.5 Å². The van der Waals surface area contributed by atoms with Gasteiger partial charge >= 0.3 is 11.9 Å². The van der Waals surface area contributed by atoms with Gasteiger partial charge < -0.3 is 14.2 Å². The molecular weight excluding hydrogens is 248 g/mol. The van der Waals surface area contributed by atoms with E-state index in [1.54, 1.807) is 0 Å². The minimum absolute atomic E-state index is 0.184. The zero-order valence-electron chi connectivity index (χ0n) is 11.9. The van der Waals surface area contributed by atoms with Gasteiger partial charge in [0.05, 0.1) is 13.2 Å². The zero-order valence-corrected chi connectivity index (χ0v) is 11.9. The Labute approximate surface area is 114 Å². The Hall–Kier alpha value is -1.36. The first-order chi connectivity index (χ1) is 9.20. The van der Waals surface area contributed by atoms with Gasteiger partial charge in [0.2, 0.25) is 0 Å². The number of ether oxygens (including phenoxy) is 3. The standard InChI is InChI=1S/C14H24O5/c1-3-5-6-7-10-18-13(15)8-9-14(16)19-12-11-17-4-2/h8-9H,3-7,10-12H2,1-2H3/b9-8+. The summed E-state index contributed by atoms with van der Waals surface area (Å²) in [4.78, 5) is 22.4. The molecule has 0 saturated heterocycles. The highest BCUT2D eigenvalue weighted by Crippen LogP contribution is 1.99. The molecule has 0 aliphatic heterocycles. The van der Waals surface area contributed by atoms with Crippen molar-refractivity contribution >= 4 is 11.9 Å². The van der Waals surface area contributed by atoms with Crippen molar-refractivity contribution in [3.8, 4) is 0 Å². The fourth-order valence-electron chi connectivity index (χ4n) is 1.28. The van der Waals surface area contributed by atoms with Crippen LogP contribution in [0.25, 0.3) is 0 Å². The summed E-state index contributed by atoms with van der Waals surface area (Å²) < 4.78 is 14.7. The van der Waals surface area contributed by atoms with Gasteiger partial charge in [0.25, 0.3) is 0 Å². The van der Waals surface area contributed by atoms with Crippen LogP contribution < -0.4 is 0 Å². The van der Waals surface area contributed by atoms with E-state index in [2.05, 4.69) is 6.92 Å². The monoisotopic (exact) mass is 272 g/mol. The topological polar surface area (TPSA) is 61.8 Å². The maximum Gasteiger partial charge on any atom is 0.331 e. The van der Waals surface area contributed by atoms with Gasteiger partial charge in [-0.3, -0.25) is 0 Å². The van der Waals surface area contributed by atoms with Crippen LogP contribution in [0.4, 0.5) is 0 Å². The van der Waals surface area contributed by atoms with Gasteiger partial charge in [-0.15, -0.1) is 0 Å². The Morgan fingerprint density at radius 2 is 1.47 bits per heavy atom. The molecule has 0 atom stereocenters. The fourth-order valence-corrected chi connectivity index (χ4v) is 1.28. The number of carbonyl (C=O) groups is 2. The van der Waals surface area contributed by atoms with Gasteiger partial charge in [-0.1, -0.05) is 26.2 Å². The minimum Gasteiger partial charge on any atom is -0.463 e. The van der Waals surface area contributed by atoms with E-state index in [1.165, 1.54) is 0 Å². The Balaban J connectivity index is 3.56. The van der Waals surface area contributed by atoms with Crippen LogP contribution in [0.1, 0.15) is 39.5 Å². The van der Waals surface area contributed by atoms with Crippen LogP contribution in [0.15, 0.2) is 12.2 Å². The third-order valence-electron chi connectivity index (χ3n) is 2.27. The first kappa shape index (κ1) is 17.6. The number of hydrogen-bond donors (Lipinski definition) is 0. The van der Waals surface area contributed by atoms with E-state index in [9.17, 15) is 9.59 Å². The molecule has 19 heavy (non-hydrogen) atoms. The average Bonchev–Trinajstić information content (AvgIpc) is 2.41. The van der Waals surface area contributed by atoms with Crippen LogP contribution in [-0.2, 0) is 23.8 Å². The van der Waals surface area contributed by atoms with Crippen molar-refractivity contribution in [3.05, 3.63) is 12.2 Å². The summed E-state index contributed by atoms with van der Waals surface area (Å²) in [5.41, 5.74) is 0. The highest BCUT2D eigenvalue weighted by atomic mass is 16.6. The second-order valence-electron chi connectivity index (χ2n) is 3.93. The van der Waals surface area contributed by atoms with E-state index in [-0.39, 0.29) is 6.61 Å². The maximum atomic E-state index is 11.2. The summed E-state index contributed by atoms with van der Waals surface area (Å²) in [6, 6.07) is 0. The SMILES string of the molecule is CCCCCCOC(=O)/C=C/C(=O)OCCOCC. The van der Waals surface area contributed by atoms with Gasteiger partial charge in [0.15, 0.2) is 0 Å². The summed E-state index contributed by atoms with van der Waals surface area (Å²) >= 11 is 0. The summed E-state index contributed by atoms with van der Waals surface area (Å²) in [5.74, 6) is -1.08. The van der Waals surface area contributed by atoms with Crippen LogP contribution in [0.2, 0.25) is 0 Å². The normalized spacial score (nSPS) is 10.6. The largest absolute Gasteiger partial charge is 0.463 e. The first-order valence-corrected chi connectivity index (χ1v) is 6.80. The molecule has 0 fully saturated rings. The second-order valence-corrected chi connectivity index (χ2v) is 3.93. The van der Waals surface area contributed by atoms with Crippen LogP contribution >= 0.6 is 0 Å². The molecule has 0 aliphatic rings. The third-order valence-corrected chi connectivity index (χ3v) is 2.27. The van der Waals surface area contributed by atoms with Crippen molar-refractivity contribution < 1.29 is 23.8 Å². The Morgan fingerprint density at radius 3 is 2.05 bits per heavy atom. The molecule has 0 spiro atoms. The molecule has 5 nitrogen and oxygen atoms in total. The molecule has 5 heteroatoms. The van der Waals surface area contributed by atoms with Crippen LogP contribution in [0, 0.1) is 0 Å². The molecule has 0 unspecified atom stereocenters. The Morgan fingerprint density at radius 1 is 0.842 bits per heavy atom. The molecule has 0 heterocycles. The molecule has 0 saturated carbocycles. The first-order valence-electron chi connectivity index (χ1n) is 6.80. The molecule has 0 amide bonds. The summed E-state index contributed by atoms with van der Waals surface area (Å²) in [6.07, 6.45) is 6.34. The van der Waals surface area contributed by atoms with Crippen molar-refractivity contribution in [1.29, 1.82) is 0 Å². The summed E-state index contributed by atoms with van der Waals surface area (Å²) in [5, 5.41) is 0. The van der Waals surface area contributed by atoms with Crippen molar-refractivity contribution in [2.75, 3.05) is 26.4 Å². The second kappa shape index (κ2) is 13.1. The minimum atomic E-state index is -0.567. The molecule has 0 aromatic heterocycles. The lowest BCUT2D eigenvalue weighted by Gasteiger charge is -2.02. The lowest BCUT2D eigenvalue weighted by Crippen LogP contribution is -2.09. The lowest BCUT2D eigenvalue weighted by atomic mass is 10.2. The smallest absolute Gasteiger partial charge is 0.331 e. The maximum absolute atomic E-state index is 11.2. The molecule has 0 aromatic rings. The van der Waals surface area contributed by atoms with Crippen molar-refractivity contribution in [2.24, 2.45) is 0 Å². The molecule has 0 aromatic carbocycles. The predicted octanol–water partition coefficient (Wildman–Crippen LogP) is 2.25. The van der Waals surface area contributed by atoms with E-state index in [0.29, 0.717) is 19.8 Å². The molecule has 0 N–H and O–H groups in total. The van der Waals surface area contributed by atoms with E-state index < -0.39 is 11.9 Å². The Kier molecular flexibility index (Phi) is 12.1. The molecule has 0 rings (SSSR count). The fraction of sp³-hybridized carbons (Fsp3) is 0.714. The van der Waals surface area contributed by atoms with Crippen LogP contribution in [0.3, 0.4) is 0 Å². The molecule has 110 valence electrons.